The summed E-state index contributed by atoms with van der Waals surface area (Å²) in [4.78, 5) is 32.4. The number of rotatable bonds is 6. The number of nitrogens with one attached hydrogen (secondary N) is 1. The molecule has 2 heterocycles. The van der Waals surface area contributed by atoms with Crippen molar-refractivity contribution in [1.29, 1.82) is 0 Å². The van der Waals surface area contributed by atoms with Crippen LogP contribution < -0.4 is 5.32 Å². The predicted molar refractivity (Wildman–Crippen MR) is 112 cm³/mol. The van der Waals surface area contributed by atoms with E-state index in [0.29, 0.717) is 24.3 Å². The molecule has 0 bridgehead atoms. The topological polar surface area (TPSA) is 66.7 Å². The highest BCUT2D eigenvalue weighted by molar-refractivity contribution is 6.02. The molecule has 1 aliphatic carbocycles. The molecule has 1 saturated carbocycles. The van der Waals surface area contributed by atoms with Crippen LogP contribution in [0.25, 0.3) is 5.52 Å². The number of carbonyl (C=O) groups is 2. The summed E-state index contributed by atoms with van der Waals surface area (Å²) in [5.74, 6) is -0.113. The van der Waals surface area contributed by atoms with E-state index in [2.05, 4.69) is 10.3 Å². The van der Waals surface area contributed by atoms with Crippen LogP contribution in [0.3, 0.4) is 0 Å². The normalized spacial score (nSPS) is 14.2. The zero-order valence-corrected chi connectivity index (χ0v) is 16.7. The molecular formula is C23H26N4O2. The number of benzene rings is 1. The Morgan fingerprint density at radius 3 is 2.55 bits per heavy atom. The van der Waals surface area contributed by atoms with E-state index in [9.17, 15) is 9.59 Å². The maximum atomic E-state index is 13.3. The van der Waals surface area contributed by atoms with Gasteiger partial charge in [0.1, 0.15) is 0 Å². The van der Waals surface area contributed by atoms with Crippen LogP contribution in [-0.2, 0) is 6.54 Å². The number of fused-ring (bicyclic) bond motifs is 1. The lowest BCUT2D eigenvalue weighted by atomic mass is 10.2. The fourth-order valence-corrected chi connectivity index (χ4v) is 3.95. The molecule has 0 aliphatic heterocycles. The van der Waals surface area contributed by atoms with Crippen molar-refractivity contribution < 1.29 is 9.59 Å². The van der Waals surface area contributed by atoms with E-state index in [-0.39, 0.29) is 23.7 Å². The fraction of sp³-hybridized carbons (Fsp3) is 0.348. The zero-order valence-electron chi connectivity index (χ0n) is 16.7. The van der Waals surface area contributed by atoms with E-state index in [1.54, 1.807) is 15.5 Å². The molecule has 1 N–H and O–H groups in total. The van der Waals surface area contributed by atoms with Crippen molar-refractivity contribution in [1.82, 2.24) is 19.6 Å². The Labute approximate surface area is 170 Å². The summed E-state index contributed by atoms with van der Waals surface area (Å²) in [5.41, 5.74) is 2.03. The predicted octanol–water partition coefficient (Wildman–Crippen LogP) is 3.67. The molecule has 0 unspecified atom stereocenters. The highest BCUT2D eigenvalue weighted by Crippen LogP contribution is 2.20. The molecule has 3 aromatic rings. The smallest absolute Gasteiger partial charge is 0.290 e. The van der Waals surface area contributed by atoms with Gasteiger partial charge in [-0.15, -0.1) is 0 Å². The third-order valence-corrected chi connectivity index (χ3v) is 5.53. The monoisotopic (exact) mass is 390 g/mol. The van der Waals surface area contributed by atoms with Gasteiger partial charge in [0, 0.05) is 25.3 Å². The first kappa shape index (κ1) is 19.2. The molecule has 2 amide bonds. The molecule has 0 spiro atoms. The number of imidazole rings is 1. The summed E-state index contributed by atoms with van der Waals surface area (Å²) in [6, 6.07) is 15.6. The zero-order chi connectivity index (χ0) is 20.2. The van der Waals surface area contributed by atoms with Gasteiger partial charge in [-0.3, -0.25) is 14.0 Å². The van der Waals surface area contributed by atoms with Crippen molar-refractivity contribution in [2.75, 3.05) is 6.54 Å². The summed E-state index contributed by atoms with van der Waals surface area (Å²) in [6.45, 7) is 3.00. The van der Waals surface area contributed by atoms with E-state index in [1.165, 1.54) is 0 Å². The minimum atomic E-state index is -0.203. The van der Waals surface area contributed by atoms with Crippen LogP contribution in [0.2, 0.25) is 0 Å². The molecule has 29 heavy (non-hydrogen) atoms. The number of nitrogens with zero attached hydrogens (tertiary/aromatic N) is 3. The second-order valence-electron chi connectivity index (χ2n) is 7.50. The number of carbonyl (C=O) groups excluding carboxylic acids is 2. The van der Waals surface area contributed by atoms with Gasteiger partial charge < -0.3 is 10.2 Å². The van der Waals surface area contributed by atoms with Crippen LogP contribution in [0, 0.1) is 0 Å². The highest BCUT2D eigenvalue weighted by Gasteiger charge is 2.26. The molecular weight excluding hydrogens is 364 g/mol. The highest BCUT2D eigenvalue weighted by atomic mass is 16.2. The van der Waals surface area contributed by atoms with Gasteiger partial charge in [0.2, 0.25) is 5.82 Å². The lowest BCUT2D eigenvalue weighted by Gasteiger charge is -2.20. The number of amides is 2. The molecule has 0 saturated heterocycles. The van der Waals surface area contributed by atoms with E-state index < -0.39 is 0 Å². The maximum absolute atomic E-state index is 13.3. The molecule has 0 radical (unpaired) electrons. The van der Waals surface area contributed by atoms with Crippen LogP contribution in [0.15, 0.2) is 54.7 Å². The molecule has 2 aromatic heterocycles. The minimum absolute atomic E-state index is 0.183. The Kier molecular flexibility index (Phi) is 5.60. The van der Waals surface area contributed by atoms with Gasteiger partial charge >= 0.3 is 0 Å². The summed E-state index contributed by atoms with van der Waals surface area (Å²) in [5, 5.41) is 3.08. The van der Waals surface area contributed by atoms with Gasteiger partial charge in [0.15, 0.2) is 5.69 Å². The standard InChI is InChI=1S/C23H26N4O2/c1-2-26(16-17-10-4-3-5-11-17)23(29)21-25-20(19-14-8-9-15-27(19)21)22(28)24-18-12-6-7-13-18/h3-5,8-11,14-15,18H,2,6-7,12-13,16H2,1H3,(H,24,28). The fourth-order valence-electron chi connectivity index (χ4n) is 3.95. The van der Waals surface area contributed by atoms with E-state index >= 15 is 0 Å². The summed E-state index contributed by atoms with van der Waals surface area (Å²) >= 11 is 0. The molecule has 1 aliphatic rings. The number of hydrogen-bond acceptors (Lipinski definition) is 3. The maximum Gasteiger partial charge on any atom is 0.290 e. The van der Waals surface area contributed by atoms with Crippen molar-refractivity contribution in [3.05, 3.63) is 71.8 Å². The van der Waals surface area contributed by atoms with Crippen molar-refractivity contribution in [2.24, 2.45) is 0 Å². The minimum Gasteiger partial charge on any atom is -0.348 e. The molecule has 4 rings (SSSR count). The third-order valence-electron chi connectivity index (χ3n) is 5.53. The van der Waals surface area contributed by atoms with Crippen LogP contribution in [-0.4, -0.2) is 38.7 Å². The van der Waals surface area contributed by atoms with Crippen LogP contribution >= 0.6 is 0 Å². The second-order valence-corrected chi connectivity index (χ2v) is 7.50. The quantitative estimate of drug-likeness (QED) is 0.698. The summed E-state index contributed by atoms with van der Waals surface area (Å²) in [7, 11) is 0. The van der Waals surface area contributed by atoms with Crippen LogP contribution in [0.5, 0.6) is 0 Å². The van der Waals surface area contributed by atoms with Gasteiger partial charge in [0.05, 0.1) is 5.52 Å². The Morgan fingerprint density at radius 2 is 1.83 bits per heavy atom. The first-order valence-electron chi connectivity index (χ1n) is 10.3. The van der Waals surface area contributed by atoms with Gasteiger partial charge in [-0.1, -0.05) is 49.2 Å². The molecule has 6 nitrogen and oxygen atoms in total. The molecule has 1 aromatic carbocycles. The number of aromatic nitrogens is 2. The van der Waals surface area contributed by atoms with Gasteiger partial charge in [-0.25, -0.2) is 4.98 Å². The average Bonchev–Trinajstić information content (AvgIpc) is 3.40. The Bertz CT molecular complexity index is 1010. The van der Waals surface area contributed by atoms with Crippen molar-refractivity contribution in [2.45, 2.75) is 45.2 Å². The Balaban J connectivity index is 1.64. The van der Waals surface area contributed by atoms with Crippen LogP contribution in [0.4, 0.5) is 0 Å². The number of hydrogen-bond donors (Lipinski definition) is 1. The van der Waals surface area contributed by atoms with Gasteiger partial charge in [-0.2, -0.15) is 0 Å². The molecule has 0 atom stereocenters. The SMILES string of the molecule is CCN(Cc1ccccc1)C(=O)c1nc(C(=O)NC2CCCC2)c2ccccn12. The second kappa shape index (κ2) is 8.47. The van der Waals surface area contributed by atoms with Crippen molar-refractivity contribution in [3.63, 3.8) is 0 Å². The van der Waals surface area contributed by atoms with E-state index in [4.69, 9.17) is 0 Å². The molecule has 6 heteroatoms. The Morgan fingerprint density at radius 1 is 1.10 bits per heavy atom. The Hall–Kier alpha value is -3.15. The average molecular weight is 390 g/mol. The lowest BCUT2D eigenvalue weighted by molar-refractivity contribution is 0.0739. The van der Waals surface area contributed by atoms with Crippen molar-refractivity contribution in [3.8, 4) is 0 Å². The lowest BCUT2D eigenvalue weighted by Crippen LogP contribution is -2.33. The first-order valence-corrected chi connectivity index (χ1v) is 10.3. The van der Waals surface area contributed by atoms with E-state index in [0.717, 1.165) is 31.2 Å². The summed E-state index contributed by atoms with van der Waals surface area (Å²) < 4.78 is 1.72. The number of pyridine rings is 1. The van der Waals surface area contributed by atoms with Crippen LogP contribution in [0.1, 0.15) is 59.3 Å². The largest absolute Gasteiger partial charge is 0.348 e. The van der Waals surface area contributed by atoms with Gasteiger partial charge in [-0.05, 0) is 37.5 Å². The summed E-state index contributed by atoms with van der Waals surface area (Å²) in [6.07, 6.45) is 6.08. The van der Waals surface area contributed by atoms with E-state index in [1.807, 2.05) is 55.5 Å². The molecule has 1 fully saturated rings. The first-order chi connectivity index (χ1) is 14.2. The molecule has 150 valence electrons. The van der Waals surface area contributed by atoms with Crippen molar-refractivity contribution >= 4 is 17.3 Å². The third kappa shape index (κ3) is 4.01. The van der Waals surface area contributed by atoms with Gasteiger partial charge in [0.25, 0.3) is 11.8 Å².